The molecule has 0 atom stereocenters. The Kier molecular flexibility index (Phi) is 6.93. The second-order valence-electron chi connectivity index (χ2n) is 6.84. The summed E-state index contributed by atoms with van der Waals surface area (Å²) in [6, 6.07) is 17.2. The molecular formula is C22H23FN4O2. The number of piperazine rings is 1. The normalized spacial score (nSPS) is 14.3. The third-order valence-corrected chi connectivity index (χ3v) is 4.93. The molecule has 6 nitrogen and oxygen atoms in total. The van der Waals surface area contributed by atoms with Crippen LogP contribution in [0.2, 0.25) is 0 Å². The lowest BCUT2D eigenvalue weighted by Gasteiger charge is -2.35. The van der Waals surface area contributed by atoms with Gasteiger partial charge in [-0.05, 0) is 24.3 Å². The van der Waals surface area contributed by atoms with Gasteiger partial charge in [-0.2, -0.15) is 5.26 Å². The fraction of sp³-hybridized carbons (Fsp3) is 0.318. The first-order chi connectivity index (χ1) is 14.1. The van der Waals surface area contributed by atoms with Crippen molar-refractivity contribution in [3.8, 4) is 6.07 Å². The number of carbonyl (C=O) groups excluding carboxylic acids is 2. The number of hydrogen-bond donors (Lipinski definition) is 0. The summed E-state index contributed by atoms with van der Waals surface area (Å²) in [4.78, 5) is 30.4. The highest BCUT2D eigenvalue weighted by Crippen LogP contribution is 2.20. The maximum atomic E-state index is 14.2. The van der Waals surface area contributed by atoms with Gasteiger partial charge in [-0.1, -0.05) is 30.3 Å². The van der Waals surface area contributed by atoms with Crippen molar-refractivity contribution in [2.75, 3.05) is 44.2 Å². The summed E-state index contributed by atoms with van der Waals surface area (Å²) in [7, 11) is 0. The van der Waals surface area contributed by atoms with E-state index < -0.39 is 5.82 Å². The number of halogens is 1. The summed E-state index contributed by atoms with van der Waals surface area (Å²) in [6.45, 7) is 2.44. The minimum atomic E-state index is -0.489. The SMILES string of the molecule is N#CCCN(C(=O)CN1CCN(C(=O)c2ccccc2)CC1)c1ccccc1F. The van der Waals surface area contributed by atoms with Gasteiger partial charge in [-0.15, -0.1) is 0 Å². The average molecular weight is 394 g/mol. The Hall–Kier alpha value is -3.24. The van der Waals surface area contributed by atoms with Crippen molar-refractivity contribution >= 4 is 17.5 Å². The van der Waals surface area contributed by atoms with Gasteiger partial charge in [0.1, 0.15) is 5.82 Å². The summed E-state index contributed by atoms with van der Waals surface area (Å²) in [5.41, 5.74) is 0.838. The number of hydrogen-bond acceptors (Lipinski definition) is 4. The minimum absolute atomic E-state index is 0.0152. The van der Waals surface area contributed by atoms with Gasteiger partial charge in [0.15, 0.2) is 0 Å². The number of nitrogens with zero attached hydrogens (tertiary/aromatic N) is 4. The van der Waals surface area contributed by atoms with E-state index in [1.807, 2.05) is 29.2 Å². The summed E-state index contributed by atoms with van der Waals surface area (Å²) < 4.78 is 14.2. The zero-order valence-electron chi connectivity index (χ0n) is 16.1. The molecule has 7 heteroatoms. The Morgan fingerprint density at radius 2 is 1.66 bits per heavy atom. The van der Waals surface area contributed by atoms with E-state index in [2.05, 4.69) is 0 Å². The number of benzene rings is 2. The molecular weight excluding hydrogens is 371 g/mol. The van der Waals surface area contributed by atoms with Crippen LogP contribution in [0.25, 0.3) is 0 Å². The Bertz CT molecular complexity index is 889. The average Bonchev–Trinajstić information content (AvgIpc) is 2.76. The molecule has 1 fully saturated rings. The van der Waals surface area contributed by atoms with Crippen molar-refractivity contribution in [3.05, 3.63) is 66.0 Å². The highest BCUT2D eigenvalue weighted by Gasteiger charge is 2.26. The van der Waals surface area contributed by atoms with Crippen molar-refractivity contribution in [1.82, 2.24) is 9.80 Å². The van der Waals surface area contributed by atoms with Gasteiger partial charge >= 0.3 is 0 Å². The van der Waals surface area contributed by atoms with Crippen LogP contribution in [0.5, 0.6) is 0 Å². The number of nitriles is 1. The Morgan fingerprint density at radius 3 is 2.31 bits per heavy atom. The van der Waals surface area contributed by atoms with Gasteiger partial charge in [0.05, 0.1) is 24.7 Å². The molecule has 2 aromatic carbocycles. The topological polar surface area (TPSA) is 67.7 Å². The minimum Gasteiger partial charge on any atom is -0.336 e. The first-order valence-electron chi connectivity index (χ1n) is 9.58. The molecule has 0 unspecified atom stereocenters. The van der Waals surface area contributed by atoms with Gasteiger partial charge in [0, 0.05) is 38.3 Å². The van der Waals surface area contributed by atoms with Crippen molar-refractivity contribution in [2.45, 2.75) is 6.42 Å². The van der Waals surface area contributed by atoms with Gasteiger partial charge in [-0.25, -0.2) is 4.39 Å². The summed E-state index contributed by atoms with van der Waals surface area (Å²) >= 11 is 0. The van der Waals surface area contributed by atoms with Gasteiger partial charge in [0.25, 0.3) is 5.91 Å². The second kappa shape index (κ2) is 9.80. The third kappa shape index (κ3) is 5.18. The zero-order valence-corrected chi connectivity index (χ0v) is 16.1. The van der Waals surface area contributed by atoms with Crippen LogP contribution in [0, 0.1) is 17.1 Å². The van der Waals surface area contributed by atoms with Crippen LogP contribution in [-0.2, 0) is 4.79 Å². The molecule has 3 rings (SSSR count). The monoisotopic (exact) mass is 394 g/mol. The van der Waals surface area contributed by atoms with E-state index in [9.17, 15) is 14.0 Å². The van der Waals surface area contributed by atoms with Crippen LogP contribution >= 0.6 is 0 Å². The number of para-hydroxylation sites is 1. The molecule has 150 valence electrons. The molecule has 1 aliphatic rings. The Balaban J connectivity index is 1.59. The molecule has 1 aliphatic heterocycles. The quantitative estimate of drug-likeness (QED) is 0.755. The number of rotatable bonds is 6. The molecule has 2 aromatic rings. The van der Waals surface area contributed by atoms with E-state index in [4.69, 9.17) is 5.26 Å². The van der Waals surface area contributed by atoms with Crippen LogP contribution < -0.4 is 4.90 Å². The van der Waals surface area contributed by atoms with E-state index in [0.717, 1.165) is 0 Å². The van der Waals surface area contributed by atoms with Crippen LogP contribution in [-0.4, -0.2) is 60.9 Å². The molecule has 0 spiro atoms. The first-order valence-corrected chi connectivity index (χ1v) is 9.58. The lowest BCUT2D eigenvalue weighted by molar-refractivity contribution is -0.120. The summed E-state index contributed by atoms with van der Waals surface area (Å²) in [5.74, 6) is -0.760. The molecule has 1 saturated heterocycles. The second-order valence-corrected chi connectivity index (χ2v) is 6.84. The molecule has 0 aromatic heterocycles. The maximum Gasteiger partial charge on any atom is 0.253 e. The van der Waals surface area contributed by atoms with Crippen LogP contribution in [0.4, 0.5) is 10.1 Å². The predicted molar refractivity (Wildman–Crippen MR) is 108 cm³/mol. The van der Waals surface area contributed by atoms with Crippen molar-refractivity contribution < 1.29 is 14.0 Å². The fourth-order valence-corrected chi connectivity index (χ4v) is 3.36. The van der Waals surface area contributed by atoms with Crippen LogP contribution in [0.15, 0.2) is 54.6 Å². The van der Waals surface area contributed by atoms with Crippen LogP contribution in [0.1, 0.15) is 16.8 Å². The molecule has 0 saturated carbocycles. The smallest absolute Gasteiger partial charge is 0.253 e. The number of amides is 2. The zero-order chi connectivity index (χ0) is 20.6. The highest BCUT2D eigenvalue weighted by molar-refractivity contribution is 5.95. The lowest BCUT2D eigenvalue weighted by Crippen LogP contribution is -2.51. The molecule has 29 heavy (non-hydrogen) atoms. The lowest BCUT2D eigenvalue weighted by atomic mass is 10.2. The van der Waals surface area contributed by atoms with Gasteiger partial charge < -0.3 is 9.80 Å². The number of anilines is 1. The summed E-state index contributed by atoms with van der Waals surface area (Å²) in [6.07, 6.45) is 0.124. The molecule has 0 radical (unpaired) electrons. The molecule has 0 aliphatic carbocycles. The molecule has 0 N–H and O–H groups in total. The van der Waals surface area contributed by atoms with E-state index in [-0.39, 0.29) is 37.0 Å². The highest BCUT2D eigenvalue weighted by atomic mass is 19.1. The third-order valence-electron chi connectivity index (χ3n) is 4.93. The van der Waals surface area contributed by atoms with Crippen LogP contribution in [0.3, 0.4) is 0 Å². The summed E-state index contributed by atoms with van der Waals surface area (Å²) in [5, 5.41) is 8.88. The molecule has 1 heterocycles. The maximum absolute atomic E-state index is 14.2. The largest absolute Gasteiger partial charge is 0.336 e. The Morgan fingerprint density at radius 1 is 1.00 bits per heavy atom. The standard InChI is InChI=1S/C22H23FN4O2/c23-19-9-4-5-10-20(19)27(12-6-11-24)21(28)17-25-13-15-26(16-14-25)22(29)18-7-2-1-3-8-18/h1-5,7-10H,6,12-17H2. The fourth-order valence-electron chi connectivity index (χ4n) is 3.36. The van der Waals surface area contributed by atoms with Crippen molar-refractivity contribution in [3.63, 3.8) is 0 Å². The first kappa shape index (κ1) is 20.5. The van der Waals surface area contributed by atoms with E-state index in [0.29, 0.717) is 31.7 Å². The van der Waals surface area contributed by atoms with E-state index >= 15 is 0 Å². The van der Waals surface area contributed by atoms with Crippen molar-refractivity contribution in [1.29, 1.82) is 5.26 Å². The van der Waals surface area contributed by atoms with Gasteiger partial charge in [-0.3, -0.25) is 14.5 Å². The molecule has 2 amide bonds. The van der Waals surface area contributed by atoms with Crippen molar-refractivity contribution in [2.24, 2.45) is 0 Å². The van der Waals surface area contributed by atoms with Gasteiger partial charge in [0.2, 0.25) is 5.91 Å². The van der Waals surface area contributed by atoms with E-state index in [1.165, 1.54) is 11.0 Å². The molecule has 0 bridgehead atoms. The number of carbonyl (C=O) groups is 2. The predicted octanol–water partition coefficient (Wildman–Crippen LogP) is 2.53. The Labute approximate surface area is 169 Å². The van der Waals surface area contributed by atoms with E-state index in [1.54, 1.807) is 35.2 Å².